The second-order valence-corrected chi connectivity index (χ2v) is 7.56. The fourth-order valence-corrected chi connectivity index (χ4v) is 4.09. The molecule has 150 valence electrons. The summed E-state index contributed by atoms with van der Waals surface area (Å²) in [7, 11) is 0. The lowest BCUT2D eigenvalue weighted by molar-refractivity contribution is -0.298. The van der Waals surface area contributed by atoms with Crippen molar-refractivity contribution in [3.05, 3.63) is 72.2 Å². The van der Waals surface area contributed by atoms with Gasteiger partial charge < -0.3 is 14.2 Å². The second-order valence-electron chi connectivity index (χ2n) is 7.56. The fourth-order valence-electron chi connectivity index (χ4n) is 4.09. The molecule has 0 N–H and O–H groups in total. The van der Waals surface area contributed by atoms with Gasteiger partial charge in [0.2, 0.25) is 0 Å². The molecule has 5 unspecified atom stereocenters. The molecule has 29 heavy (non-hydrogen) atoms. The van der Waals surface area contributed by atoms with Crippen LogP contribution in [0.5, 0.6) is 0 Å². The molecule has 6 nitrogen and oxygen atoms in total. The summed E-state index contributed by atoms with van der Waals surface area (Å²) in [5.74, 6) is -0.296. The van der Waals surface area contributed by atoms with Crippen molar-refractivity contribution in [2.45, 2.75) is 44.0 Å². The van der Waals surface area contributed by atoms with E-state index in [2.05, 4.69) is 10.3 Å². The zero-order valence-electron chi connectivity index (χ0n) is 16.0. The topological polar surface area (TPSA) is 58.4 Å². The van der Waals surface area contributed by atoms with Crippen LogP contribution < -0.4 is 0 Å². The van der Waals surface area contributed by atoms with Crippen molar-refractivity contribution in [1.82, 2.24) is 15.0 Å². The van der Waals surface area contributed by atoms with E-state index < -0.39 is 6.29 Å². The minimum absolute atomic E-state index is 0.0449. The average Bonchev–Trinajstić information content (AvgIpc) is 3.24. The summed E-state index contributed by atoms with van der Waals surface area (Å²) in [4.78, 5) is 0. The molecule has 0 aliphatic carbocycles. The highest BCUT2D eigenvalue weighted by molar-refractivity contribution is 5.57. The van der Waals surface area contributed by atoms with Crippen molar-refractivity contribution in [3.63, 3.8) is 0 Å². The summed E-state index contributed by atoms with van der Waals surface area (Å²) in [5.41, 5.74) is 2.30. The van der Waals surface area contributed by atoms with Crippen LogP contribution in [-0.4, -0.2) is 39.9 Å². The number of benzene rings is 2. The van der Waals surface area contributed by atoms with Gasteiger partial charge in [-0.05, 0) is 25.5 Å². The van der Waals surface area contributed by atoms with Crippen molar-refractivity contribution in [3.8, 4) is 11.3 Å². The first-order valence-electron chi connectivity index (χ1n) is 9.82. The van der Waals surface area contributed by atoms with Crippen molar-refractivity contribution >= 4 is 0 Å². The zero-order valence-corrected chi connectivity index (χ0v) is 16.0. The molecule has 0 saturated carbocycles. The van der Waals surface area contributed by atoms with Crippen LogP contribution >= 0.6 is 0 Å². The van der Waals surface area contributed by atoms with Crippen molar-refractivity contribution < 1.29 is 18.6 Å². The van der Waals surface area contributed by atoms with E-state index >= 15 is 0 Å². The van der Waals surface area contributed by atoms with Gasteiger partial charge in [0.1, 0.15) is 23.7 Å². The summed E-state index contributed by atoms with van der Waals surface area (Å²) in [6.45, 7) is 2.49. The van der Waals surface area contributed by atoms with Crippen LogP contribution in [0.25, 0.3) is 11.3 Å². The quantitative estimate of drug-likeness (QED) is 0.673. The van der Waals surface area contributed by atoms with Crippen LogP contribution in [0.2, 0.25) is 0 Å². The smallest absolute Gasteiger partial charge is 0.184 e. The molecular weight excluding hydrogens is 373 g/mol. The van der Waals surface area contributed by atoms with Gasteiger partial charge in [-0.3, -0.25) is 0 Å². The van der Waals surface area contributed by atoms with Gasteiger partial charge in [-0.15, -0.1) is 5.10 Å². The third kappa shape index (κ3) is 3.69. The number of hydrogen-bond donors (Lipinski definition) is 0. The summed E-state index contributed by atoms with van der Waals surface area (Å²) in [5, 5.41) is 8.60. The Kier molecular flexibility index (Phi) is 4.87. The highest BCUT2D eigenvalue weighted by Gasteiger charge is 2.44. The highest BCUT2D eigenvalue weighted by Crippen LogP contribution is 2.39. The number of aromatic nitrogens is 3. The van der Waals surface area contributed by atoms with E-state index in [0.29, 0.717) is 17.9 Å². The van der Waals surface area contributed by atoms with E-state index in [-0.39, 0.29) is 30.2 Å². The first kappa shape index (κ1) is 18.4. The molecule has 0 bridgehead atoms. The maximum Gasteiger partial charge on any atom is 0.184 e. The minimum atomic E-state index is -0.442. The molecule has 5 rings (SSSR count). The molecule has 7 heteroatoms. The molecule has 3 aromatic rings. The summed E-state index contributed by atoms with van der Waals surface area (Å²) < 4.78 is 33.7. The van der Waals surface area contributed by atoms with Crippen LogP contribution in [0.15, 0.2) is 60.8 Å². The zero-order chi connectivity index (χ0) is 19.8. The van der Waals surface area contributed by atoms with E-state index in [9.17, 15) is 4.39 Å². The second kappa shape index (κ2) is 7.67. The SMILES string of the molecule is CC1CC(n2cc(-c3cccc(F)c3)nn2)C2OC(c3ccccc3)OCC2O1. The Morgan fingerprint density at radius 3 is 2.76 bits per heavy atom. The molecule has 2 aliphatic heterocycles. The number of fused-ring (bicyclic) bond motifs is 1. The maximum absolute atomic E-state index is 13.6. The Bertz CT molecular complexity index is 980. The predicted octanol–water partition coefficient (Wildman–Crippen LogP) is 3.92. The summed E-state index contributed by atoms with van der Waals surface area (Å²) in [6, 6.07) is 16.2. The van der Waals surface area contributed by atoms with Gasteiger partial charge in [0, 0.05) is 11.1 Å². The standard InChI is InChI=1S/C22H22FN3O3/c1-14-10-19(26-12-18(24-25-26)16-8-5-9-17(23)11-16)21-20(28-14)13-27-22(29-21)15-6-3-2-4-7-15/h2-9,11-12,14,19-22H,10,13H2,1H3. The normalized spacial score (nSPS) is 29.4. The monoisotopic (exact) mass is 395 g/mol. The molecule has 5 atom stereocenters. The van der Waals surface area contributed by atoms with Gasteiger partial charge >= 0.3 is 0 Å². The van der Waals surface area contributed by atoms with E-state index in [4.69, 9.17) is 14.2 Å². The van der Waals surface area contributed by atoms with Crippen molar-refractivity contribution in [1.29, 1.82) is 0 Å². The van der Waals surface area contributed by atoms with E-state index in [0.717, 1.165) is 12.0 Å². The van der Waals surface area contributed by atoms with Crippen molar-refractivity contribution in [2.24, 2.45) is 0 Å². The van der Waals surface area contributed by atoms with Crippen LogP contribution in [0, 0.1) is 5.82 Å². The summed E-state index contributed by atoms with van der Waals surface area (Å²) >= 11 is 0. The first-order chi connectivity index (χ1) is 14.2. The largest absolute Gasteiger partial charge is 0.370 e. The first-order valence-corrected chi connectivity index (χ1v) is 9.82. The third-order valence-electron chi connectivity index (χ3n) is 5.46. The van der Waals surface area contributed by atoms with Crippen LogP contribution in [-0.2, 0) is 14.2 Å². The van der Waals surface area contributed by atoms with E-state index in [1.165, 1.54) is 12.1 Å². The van der Waals surface area contributed by atoms with Crippen molar-refractivity contribution in [2.75, 3.05) is 6.61 Å². The number of rotatable bonds is 3. The maximum atomic E-state index is 13.6. The lowest BCUT2D eigenvalue weighted by atomic mass is 9.95. The Morgan fingerprint density at radius 1 is 1.07 bits per heavy atom. The van der Waals surface area contributed by atoms with Gasteiger partial charge in [-0.1, -0.05) is 47.7 Å². The third-order valence-corrected chi connectivity index (χ3v) is 5.46. The molecule has 3 heterocycles. The molecule has 2 aliphatic rings. The van der Waals surface area contributed by atoms with Crippen LogP contribution in [0.3, 0.4) is 0 Å². The summed E-state index contributed by atoms with van der Waals surface area (Å²) in [6.07, 6.45) is 1.81. The molecule has 2 saturated heterocycles. The van der Waals surface area contributed by atoms with Gasteiger partial charge in [0.25, 0.3) is 0 Å². The van der Waals surface area contributed by atoms with Gasteiger partial charge in [-0.2, -0.15) is 0 Å². The molecular formula is C22H22FN3O3. The average molecular weight is 395 g/mol. The Balaban J connectivity index is 1.42. The molecule has 2 fully saturated rings. The fraction of sp³-hybridized carbons (Fsp3) is 0.364. The minimum Gasteiger partial charge on any atom is -0.370 e. The Labute approximate surface area is 168 Å². The number of ether oxygens (including phenoxy) is 3. The molecule has 0 radical (unpaired) electrons. The number of halogens is 1. The van der Waals surface area contributed by atoms with Gasteiger partial charge in [0.15, 0.2) is 6.29 Å². The lowest BCUT2D eigenvalue weighted by Crippen LogP contribution is -2.52. The van der Waals surface area contributed by atoms with E-state index in [1.807, 2.05) is 54.2 Å². The van der Waals surface area contributed by atoms with Gasteiger partial charge in [0.05, 0.1) is 24.9 Å². The molecule has 2 aromatic carbocycles. The Morgan fingerprint density at radius 2 is 1.93 bits per heavy atom. The molecule has 0 spiro atoms. The molecule has 1 aromatic heterocycles. The predicted molar refractivity (Wildman–Crippen MR) is 103 cm³/mol. The molecule has 0 amide bonds. The van der Waals surface area contributed by atoms with Crippen LogP contribution in [0.4, 0.5) is 4.39 Å². The Hall–Kier alpha value is -2.61. The number of nitrogens with zero attached hydrogens (tertiary/aromatic N) is 3. The lowest BCUT2D eigenvalue weighted by Gasteiger charge is -2.45. The highest BCUT2D eigenvalue weighted by atomic mass is 19.1. The van der Waals surface area contributed by atoms with E-state index in [1.54, 1.807) is 6.07 Å². The van der Waals surface area contributed by atoms with Crippen LogP contribution in [0.1, 0.15) is 31.2 Å². The number of hydrogen-bond acceptors (Lipinski definition) is 5. The van der Waals surface area contributed by atoms with Gasteiger partial charge in [-0.25, -0.2) is 9.07 Å².